The van der Waals surface area contributed by atoms with Gasteiger partial charge in [-0.15, -0.1) is 0 Å². The summed E-state index contributed by atoms with van der Waals surface area (Å²) in [5.41, 5.74) is 4.03. The molecule has 0 aliphatic heterocycles. The third-order valence-electron chi connectivity index (χ3n) is 2.52. The molecule has 1 aromatic rings. The van der Waals surface area contributed by atoms with Gasteiger partial charge in [-0.2, -0.15) is 0 Å². The first kappa shape index (κ1) is 12.1. The Morgan fingerprint density at radius 3 is 2.73 bits per heavy atom. The average Bonchev–Trinajstić information content (AvgIpc) is 2.59. The van der Waals surface area contributed by atoms with Gasteiger partial charge in [0.1, 0.15) is 0 Å². The summed E-state index contributed by atoms with van der Waals surface area (Å²) >= 11 is 0. The maximum atomic E-state index is 3.34. The second kappa shape index (κ2) is 6.49. The molecule has 0 aromatic carbocycles. The first-order valence-corrected chi connectivity index (χ1v) is 6.04. The van der Waals surface area contributed by atoms with Crippen molar-refractivity contribution in [2.75, 3.05) is 0 Å². The Balaban J connectivity index is 2.36. The molecule has 0 atom stereocenters. The van der Waals surface area contributed by atoms with Crippen LogP contribution < -0.4 is 0 Å². The number of hydrogen-bond donors (Lipinski definition) is 1. The van der Waals surface area contributed by atoms with E-state index in [1.165, 1.54) is 48.9 Å². The van der Waals surface area contributed by atoms with Crippen molar-refractivity contribution in [2.24, 2.45) is 0 Å². The minimum absolute atomic E-state index is 1.19. The zero-order valence-corrected chi connectivity index (χ0v) is 10.3. The van der Waals surface area contributed by atoms with Crippen LogP contribution in [0.3, 0.4) is 0 Å². The molecule has 1 heterocycles. The van der Waals surface area contributed by atoms with Gasteiger partial charge in [0.25, 0.3) is 0 Å². The molecule has 84 valence electrons. The summed E-state index contributed by atoms with van der Waals surface area (Å²) in [7, 11) is 0. The normalized spacial score (nSPS) is 10.3. The van der Waals surface area contributed by atoms with Crippen LogP contribution in [0.25, 0.3) is 6.08 Å². The van der Waals surface area contributed by atoms with Crippen molar-refractivity contribution >= 4 is 6.08 Å². The maximum Gasteiger partial charge on any atom is 0.0153 e. The van der Waals surface area contributed by atoms with Gasteiger partial charge in [0.15, 0.2) is 0 Å². The minimum atomic E-state index is 1.19. The largest absolute Gasteiger partial charge is 0.364 e. The highest BCUT2D eigenvalue weighted by molar-refractivity contribution is 5.51. The standard InChI is InChI=1S/C14H23N/c1-4-5-6-7-8-14-10-13(11-15-14)9-12(2)3/h9-11,15H,4-8H2,1-3H3. The fourth-order valence-corrected chi connectivity index (χ4v) is 1.76. The first-order valence-electron chi connectivity index (χ1n) is 6.04. The lowest BCUT2D eigenvalue weighted by atomic mass is 10.1. The van der Waals surface area contributed by atoms with E-state index in [-0.39, 0.29) is 0 Å². The molecule has 0 radical (unpaired) electrons. The van der Waals surface area contributed by atoms with E-state index in [0.717, 1.165) is 0 Å². The molecule has 1 rings (SSSR count). The molecule has 0 aliphatic rings. The molecule has 0 fully saturated rings. The molecule has 0 amide bonds. The Kier molecular flexibility index (Phi) is 5.23. The van der Waals surface area contributed by atoms with Crippen molar-refractivity contribution in [1.82, 2.24) is 4.98 Å². The van der Waals surface area contributed by atoms with Gasteiger partial charge in [-0.1, -0.05) is 37.8 Å². The fourth-order valence-electron chi connectivity index (χ4n) is 1.76. The second-order valence-corrected chi connectivity index (χ2v) is 4.49. The van der Waals surface area contributed by atoms with Crippen molar-refractivity contribution < 1.29 is 0 Å². The highest BCUT2D eigenvalue weighted by atomic mass is 14.7. The highest BCUT2D eigenvalue weighted by Gasteiger charge is 1.97. The van der Waals surface area contributed by atoms with E-state index in [2.05, 4.69) is 44.1 Å². The number of aryl methyl sites for hydroxylation is 1. The molecule has 1 N–H and O–H groups in total. The van der Waals surface area contributed by atoms with Crippen LogP contribution in [0, 0.1) is 0 Å². The Morgan fingerprint density at radius 1 is 1.27 bits per heavy atom. The molecule has 0 saturated heterocycles. The maximum absolute atomic E-state index is 3.34. The zero-order valence-electron chi connectivity index (χ0n) is 10.3. The molecule has 0 saturated carbocycles. The van der Waals surface area contributed by atoms with E-state index in [4.69, 9.17) is 0 Å². The van der Waals surface area contributed by atoms with Crippen LogP contribution in [0.5, 0.6) is 0 Å². The van der Waals surface area contributed by atoms with Crippen LogP contribution in [-0.2, 0) is 6.42 Å². The number of aromatic amines is 1. The number of rotatable bonds is 6. The topological polar surface area (TPSA) is 15.8 Å². The lowest BCUT2D eigenvalue weighted by molar-refractivity contribution is 0.662. The van der Waals surface area contributed by atoms with Crippen LogP contribution in [0.4, 0.5) is 0 Å². The van der Waals surface area contributed by atoms with Gasteiger partial charge in [0.05, 0.1) is 0 Å². The summed E-state index contributed by atoms with van der Waals surface area (Å²) in [5.74, 6) is 0. The van der Waals surface area contributed by atoms with Gasteiger partial charge in [-0.25, -0.2) is 0 Å². The Labute approximate surface area is 93.6 Å². The first-order chi connectivity index (χ1) is 7.22. The van der Waals surface area contributed by atoms with Gasteiger partial charge in [-0.05, 0) is 38.3 Å². The van der Waals surface area contributed by atoms with E-state index < -0.39 is 0 Å². The molecule has 1 heteroatoms. The third kappa shape index (κ3) is 4.87. The highest BCUT2D eigenvalue weighted by Crippen LogP contribution is 2.11. The number of aromatic nitrogens is 1. The van der Waals surface area contributed by atoms with E-state index in [0.29, 0.717) is 0 Å². The predicted octanol–water partition coefficient (Wildman–Crippen LogP) is 4.56. The van der Waals surface area contributed by atoms with E-state index in [1.807, 2.05) is 0 Å². The molecular formula is C14H23N. The molecule has 15 heavy (non-hydrogen) atoms. The van der Waals surface area contributed by atoms with Crippen molar-refractivity contribution in [3.63, 3.8) is 0 Å². The van der Waals surface area contributed by atoms with Crippen LogP contribution >= 0.6 is 0 Å². The smallest absolute Gasteiger partial charge is 0.0153 e. The van der Waals surface area contributed by atoms with Gasteiger partial charge in [-0.3, -0.25) is 0 Å². The summed E-state index contributed by atoms with van der Waals surface area (Å²) in [6.07, 6.45) is 10.8. The van der Waals surface area contributed by atoms with Crippen molar-refractivity contribution in [3.05, 3.63) is 29.1 Å². The van der Waals surface area contributed by atoms with Gasteiger partial charge in [0, 0.05) is 11.9 Å². The molecule has 0 aliphatic carbocycles. The Hall–Kier alpha value is -0.980. The monoisotopic (exact) mass is 205 g/mol. The predicted molar refractivity (Wildman–Crippen MR) is 68.0 cm³/mol. The summed E-state index contributed by atoms with van der Waals surface area (Å²) in [4.78, 5) is 3.34. The summed E-state index contributed by atoms with van der Waals surface area (Å²) in [5, 5.41) is 0. The fraction of sp³-hybridized carbons (Fsp3) is 0.571. The van der Waals surface area contributed by atoms with Crippen LogP contribution in [-0.4, -0.2) is 4.98 Å². The molecular weight excluding hydrogens is 182 g/mol. The van der Waals surface area contributed by atoms with Crippen LogP contribution in [0.1, 0.15) is 57.7 Å². The molecule has 0 bridgehead atoms. The number of hydrogen-bond acceptors (Lipinski definition) is 0. The van der Waals surface area contributed by atoms with E-state index in [1.54, 1.807) is 0 Å². The lowest BCUT2D eigenvalue weighted by Crippen LogP contribution is -1.84. The van der Waals surface area contributed by atoms with Crippen molar-refractivity contribution in [2.45, 2.75) is 52.9 Å². The molecule has 0 unspecified atom stereocenters. The number of H-pyrrole nitrogens is 1. The van der Waals surface area contributed by atoms with E-state index >= 15 is 0 Å². The van der Waals surface area contributed by atoms with Crippen LogP contribution in [0.15, 0.2) is 17.8 Å². The van der Waals surface area contributed by atoms with Gasteiger partial charge >= 0.3 is 0 Å². The molecule has 1 nitrogen and oxygen atoms in total. The lowest BCUT2D eigenvalue weighted by Gasteiger charge is -1.96. The molecule has 0 spiro atoms. The van der Waals surface area contributed by atoms with Gasteiger partial charge in [0.2, 0.25) is 0 Å². The van der Waals surface area contributed by atoms with Crippen molar-refractivity contribution in [3.8, 4) is 0 Å². The van der Waals surface area contributed by atoms with Crippen LogP contribution in [0.2, 0.25) is 0 Å². The van der Waals surface area contributed by atoms with E-state index in [9.17, 15) is 0 Å². The summed E-state index contributed by atoms with van der Waals surface area (Å²) in [6.45, 7) is 6.52. The van der Waals surface area contributed by atoms with Crippen molar-refractivity contribution in [1.29, 1.82) is 0 Å². The SMILES string of the molecule is CCCCCCc1cc(C=C(C)C)c[nH]1. The third-order valence-corrected chi connectivity index (χ3v) is 2.52. The number of nitrogens with one attached hydrogen (secondary N) is 1. The van der Waals surface area contributed by atoms with Gasteiger partial charge < -0.3 is 4.98 Å². The zero-order chi connectivity index (χ0) is 11.1. The summed E-state index contributed by atoms with van der Waals surface area (Å²) < 4.78 is 0. The second-order valence-electron chi connectivity index (χ2n) is 4.49. The average molecular weight is 205 g/mol. The number of allylic oxidation sites excluding steroid dienone is 1. The molecule has 1 aromatic heterocycles. The summed E-state index contributed by atoms with van der Waals surface area (Å²) in [6, 6.07) is 2.26. The Bertz CT molecular complexity index is 303. The quantitative estimate of drug-likeness (QED) is 0.655. The minimum Gasteiger partial charge on any atom is -0.364 e. The Morgan fingerprint density at radius 2 is 2.07 bits per heavy atom. The number of unbranched alkanes of at least 4 members (excludes halogenated alkanes) is 3.